The summed E-state index contributed by atoms with van der Waals surface area (Å²) in [6, 6.07) is 19.4. The largest absolute Gasteiger partial charge is 0.480 e. The van der Waals surface area contributed by atoms with Crippen molar-refractivity contribution in [1.29, 1.82) is 0 Å². The monoisotopic (exact) mass is 424 g/mol. The minimum absolute atomic E-state index is 0.204. The maximum atomic E-state index is 12.2. The first kappa shape index (κ1) is 24.6. The molecule has 0 fully saturated rings. The van der Waals surface area contributed by atoms with Crippen molar-refractivity contribution in [1.82, 2.24) is 10.2 Å². The summed E-state index contributed by atoms with van der Waals surface area (Å²) < 4.78 is 0. The molecule has 0 spiro atoms. The number of carboxylic acids is 1. The first-order valence-corrected chi connectivity index (χ1v) is 11.4. The van der Waals surface area contributed by atoms with E-state index in [1.54, 1.807) is 0 Å². The van der Waals surface area contributed by atoms with Crippen molar-refractivity contribution in [3.05, 3.63) is 71.8 Å². The summed E-state index contributed by atoms with van der Waals surface area (Å²) in [5.74, 6) is -1.16. The van der Waals surface area contributed by atoms with Crippen molar-refractivity contribution in [3.63, 3.8) is 0 Å². The number of benzene rings is 2. The van der Waals surface area contributed by atoms with Crippen molar-refractivity contribution in [3.8, 4) is 0 Å². The Hall–Kier alpha value is -2.66. The average molecular weight is 425 g/mol. The second-order valence-electron chi connectivity index (χ2n) is 8.06. The van der Waals surface area contributed by atoms with Crippen LogP contribution >= 0.6 is 0 Å². The summed E-state index contributed by atoms with van der Waals surface area (Å²) in [6.07, 6.45) is 5.37. The van der Waals surface area contributed by atoms with Crippen LogP contribution in [0.4, 0.5) is 0 Å². The molecule has 1 unspecified atom stereocenters. The molecule has 0 aromatic heterocycles. The van der Waals surface area contributed by atoms with E-state index in [1.807, 2.05) is 36.4 Å². The fourth-order valence-corrected chi connectivity index (χ4v) is 3.60. The van der Waals surface area contributed by atoms with Crippen LogP contribution in [0, 0.1) is 0 Å². The minimum atomic E-state index is -0.958. The first-order chi connectivity index (χ1) is 15.1. The van der Waals surface area contributed by atoms with E-state index >= 15 is 0 Å². The molecular weight excluding hydrogens is 388 g/mol. The molecule has 0 saturated heterocycles. The van der Waals surface area contributed by atoms with Gasteiger partial charge in [0.05, 0.1) is 0 Å². The molecule has 2 rings (SSSR count). The summed E-state index contributed by atoms with van der Waals surface area (Å²) in [7, 11) is 0. The number of carboxylic acid groups (broad SMARTS) is 1. The third kappa shape index (κ3) is 10.3. The lowest BCUT2D eigenvalue weighted by atomic mass is 10.1. The van der Waals surface area contributed by atoms with Crippen LogP contribution in [0.2, 0.25) is 0 Å². The van der Waals surface area contributed by atoms with Crippen molar-refractivity contribution in [2.45, 2.75) is 64.5 Å². The zero-order valence-corrected chi connectivity index (χ0v) is 18.6. The van der Waals surface area contributed by atoms with Gasteiger partial charge in [-0.25, -0.2) is 4.79 Å². The van der Waals surface area contributed by atoms with Gasteiger partial charge in [-0.2, -0.15) is 0 Å². The van der Waals surface area contributed by atoms with E-state index in [2.05, 4.69) is 41.4 Å². The van der Waals surface area contributed by atoms with E-state index in [-0.39, 0.29) is 5.91 Å². The molecule has 31 heavy (non-hydrogen) atoms. The topological polar surface area (TPSA) is 69.6 Å². The number of aryl methyl sites for hydroxylation is 1. The van der Waals surface area contributed by atoms with Gasteiger partial charge >= 0.3 is 5.97 Å². The maximum Gasteiger partial charge on any atom is 0.326 e. The Balaban J connectivity index is 1.74. The summed E-state index contributed by atoms with van der Waals surface area (Å²) in [4.78, 5) is 26.2. The smallest absolute Gasteiger partial charge is 0.326 e. The number of carbonyl (C=O) groups excluding carboxylic acids is 1. The fraction of sp³-hybridized carbons (Fsp3) is 0.462. The Morgan fingerprint density at radius 1 is 0.903 bits per heavy atom. The van der Waals surface area contributed by atoms with Gasteiger partial charge in [-0.1, -0.05) is 74.0 Å². The van der Waals surface area contributed by atoms with Crippen molar-refractivity contribution in [2.24, 2.45) is 0 Å². The summed E-state index contributed by atoms with van der Waals surface area (Å²) in [6.45, 7) is 5.09. The van der Waals surface area contributed by atoms with Crippen LogP contribution < -0.4 is 5.32 Å². The van der Waals surface area contributed by atoms with Crippen LogP contribution in [-0.4, -0.2) is 41.0 Å². The molecule has 2 N–H and O–H groups in total. The Morgan fingerprint density at radius 3 is 2.13 bits per heavy atom. The lowest BCUT2D eigenvalue weighted by Gasteiger charge is -2.22. The van der Waals surface area contributed by atoms with Gasteiger partial charge in [-0.3, -0.25) is 9.69 Å². The zero-order chi connectivity index (χ0) is 22.3. The van der Waals surface area contributed by atoms with Gasteiger partial charge < -0.3 is 10.4 Å². The van der Waals surface area contributed by atoms with E-state index in [4.69, 9.17) is 0 Å². The quantitative estimate of drug-likeness (QED) is 0.408. The van der Waals surface area contributed by atoms with Crippen molar-refractivity contribution >= 4 is 11.9 Å². The number of amides is 1. The highest BCUT2D eigenvalue weighted by atomic mass is 16.4. The summed E-state index contributed by atoms with van der Waals surface area (Å²) in [5.41, 5.74) is 2.38. The molecule has 168 valence electrons. The van der Waals surface area contributed by atoms with Crippen LogP contribution in [-0.2, 0) is 22.6 Å². The molecule has 0 aliphatic carbocycles. The Kier molecular flexibility index (Phi) is 11.4. The number of hydrogen-bond donors (Lipinski definition) is 2. The first-order valence-electron chi connectivity index (χ1n) is 11.4. The number of hydrogen-bond acceptors (Lipinski definition) is 3. The van der Waals surface area contributed by atoms with E-state index < -0.39 is 12.0 Å². The van der Waals surface area contributed by atoms with E-state index in [0.717, 1.165) is 50.9 Å². The van der Waals surface area contributed by atoms with Gasteiger partial charge in [0.1, 0.15) is 6.04 Å². The van der Waals surface area contributed by atoms with Gasteiger partial charge in [0.15, 0.2) is 0 Å². The minimum Gasteiger partial charge on any atom is -0.480 e. The fourth-order valence-electron chi connectivity index (χ4n) is 3.60. The second-order valence-corrected chi connectivity index (χ2v) is 8.06. The lowest BCUT2D eigenvalue weighted by molar-refractivity contribution is -0.142. The molecule has 1 amide bonds. The van der Waals surface area contributed by atoms with E-state index in [9.17, 15) is 14.7 Å². The molecule has 2 aromatic rings. The van der Waals surface area contributed by atoms with Crippen LogP contribution in [0.5, 0.6) is 0 Å². The number of aliphatic carboxylic acids is 1. The average Bonchev–Trinajstić information content (AvgIpc) is 2.79. The number of nitrogens with one attached hydrogen (secondary N) is 1. The maximum absolute atomic E-state index is 12.2. The molecule has 0 aliphatic heterocycles. The predicted octanol–water partition coefficient (Wildman–Crippen LogP) is 4.66. The molecule has 0 saturated carbocycles. The SMILES string of the molecule is CCCCN(CCCCC(NC(=O)CCc1ccccc1)C(=O)O)Cc1ccccc1. The third-order valence-electron chi connectivity index (χ3n) is 5.41. The highest BCUT2D eigenvalue weighted by Gasteiger charge is 2.19. The highest BCUT2D eigenvalue weighted by molar-refractivity contribution is 5.83. The number of rotatable bonds is 15. The summed E-state index contributed by atoms with van der Waals surface area (Å²) >= 11 is 0. The zero-order valence-electron chi connectivity index (χ0n) is 18.6. The molecule has 0 aliphatic rings. The number of nitrogens with zero attached hydrogens (tertiary/aromatic N) is 1. The van der Waals surface area contributed by atoms with E-state index in [1.165, 1.54) is 5.56 Å². The van der Waals surface area contributed by atoms with Crippen molar-refractivity contribution < 1.29 is 14.7 Å². The van der Waals surface area contributed by atoms with Gasteiger partial charge in [0.2, 0.25) is 5.91 Å². The molecule has 5 nitrogen and oxygen atoms in total. The molecule has 0 bridgehead atoms. The summed E-state index contributed by atoms with van der Waals surface area (Å²) in [5, 5.41) is 12.2. The van der Waals surface area contributed by atoms with Gasteiger partial charge in [0, 0.05) is 13.0 Å². The van der Waals surface area contributed by atoms with Crippen LogP contribution in [0.1, 0.15) is 56.6 Å². The normalized spacial score (nSPS) is 11.9. The molecule has 1 atom stereocenters. The van der Waals surface area contributed by atoms with E-state index in [0.29, 0.717) is 19.3 Å². The highest BCUT2D eigenvalue weighted by Crippen LogP contribution is 2.10. The number of unbranched alkanes of at least 4 members (excludes halogenated alkanes) is 2. The van der Waals surface area contributed by atoms with Crippen LogP contribution in [0.15, 0.2) is 60.7 Å². The molecule has 5 heteroatoms. The predicted molar refractivity (Wildman–Crippen MR) is 125 cm³/mol. The molecule has 0 heterocycles. The van der Waals surface area contributed by atoms with Gasteiger partial charge in [-0.15, -0.1) is 0 Å². The number of carbonyl (C=O) groups is 2. The Morgan fingerprint density at radius 2 is 1.52 bits per heavy atom. The molecule has 0 radical (unpaired) electrons. The van der Waals surface area contributed by atoms with Crippen molar-refractivity contribution in [2.75, 3.05) is 13.1 Å². The Labute approximate surface area is 186 Å². The lowest BCUT2D eigenvalue weighted by Crippen LogP contribution is -2.41. The second kappa shape index (κ2) is 14.4. The van der Waals surface area contributed by atoms with Crippen LogP contribution in [0.25, 0.3) is 0 Å². The third-order valence-corrected chi connectivity index (χ3v) is 5.41. The molecular formula is C26H36N2O3. The van der Waals surface area contributed by atoms with Gasteiger partial charge in [-0.05, 0) is 56.3 Å². The molecule has 2 aromatic carbocycles. The Bertz CT molecular complexity index is 765. The standard InChI is InChI=1S/C26H36N2O3/c1-2-3-19-28(21-23-14-8-5-9-15-23)20-11-10-16-24(26(30)31)27-25(29)18-17-22-12-6-4-7-13-22/h4-9,12-15,24H,2-3,10-11,16-21H2,1H3,(H,27,29)(H,30,31). The van der Waals surface area contributed by atoms with Gasteiger partial charge in [0.25, 0.3) is 0 Å². The van der Waals surface area contributed by atoms with Crippen LogP contribution in [0.3, 0.4) is 0 Å².